The molecule has 2 aromatic heterocycles. The van der Waals surface area contributed by atoms with Gasteiger partial charge in [-0.2, -0.15) is 5.10 Å². The average molecular weight is 356 g/mol. The van der Waals surface area contributed by atoms with E-state index >= 15 is 0 Å². The number of Topliss-reactive ketones (excluding diaryl/α,β-unsaturated/α-hetero) is 1. The van der Waals surface area contributed by atoms with Crippen molar-refractivity contribution < 1.29 is 4.79 Å². The molecule has 0 fully saturated rings. The number of carbonyl (C=O) groups is 1. The number of anilines is 1. The number of benzene rings is 1. The molecule has 0 unspecified atom stereocenters. The Labute approximate surface area is 157 Å². The summed E-state index contributed by atoms with van der Waals surface area (Å²) in [4.78, 5) is 17.1. The van der Waals surface area contributed by atoms with Gasteiger partial charge < -0.3 is 5.32 Å². The Hall–Kier alpha value is -3.21. The van der Waals surface area contributed by atoms with Crippen LogP contribution in [0.4, 0.5) is 5.82 Å². The molecular weight excluding hydrogens is 336 g/mol. The summed E-state index contributed by atoms with van der Waals surface area (Å²) < 4.78 is 1.99. The largest absolute Gasteiger partial charge is 0.343 e. The first kappa shape index (κ1) is 16.0. The third-order valence-electron chi connectivity index (χ3n) is 5.45. The number of nitrogens with one attached hydrogen (secondary N) is 1. The summed E-state index contributed by atoms with van der Waals surface area (Å²) in [5.41, 5.74) is 5.15. The lowest BCUT2D eigenvalue weighted by molar-refractivity contribution is -0.123. The third-order valence-corrected chi connectivity index (χ3v) is 5.45. The van der Waals surface area contributed by atoms with Gasteiger partial charge in [-0.1, -0.05) is 42.5 Å². The number of hydrogen-bond donors (Lipinski definition) is 1. The van der Waals surface area contributed by atoms with E-state index in [1.165, 1.54) is 0 Å². The van der Waals surface area contributed by atoms with Gasteiger partial charge in [0.15, 0.2) is 0 Å². The number of nitrogens with zero attached hydrogens (tertiary/aromatic N) is 3. The van der Waals surface area contributed by atoms with Crippen LogP contribution in [0.5, 0.6) is 0 Å². The van der Waals surface area contributed by atoms with Crippen molar-refractivity contribution in [1.82, 2.24) is 14.8 Å². The summed E-state index contributed by atoms with van der Waals surface area (Å²) in [6.45, 7) is 2.02. The lowest BCUT2D eigenvalue weighted by Crippen LogP contribution is -2.38. The summed E-state index contributed by atoms with van der Waals surface area (Å²) in [6, 6.07) is 14.0. The molecule has 3 heterocycles. The highest BCUT2D eigenvalue weighted by molar-refractivity contribution is 5.89. The maximum Gasteiger partial charge on any atom is 0.144 e. The van der Waals surface area contributed by atoms with Gasteiger partial charge in [-0.15, -0.1) is 0 Å². The second kappa shape index (κ2) is 6.20. The SMILES string of the molecule is Cc1nn2c(c1-c1ccccc1)NC1=CCCC(=O)[C@H]1[C@@H]2c1cccnc1. The standard InChI is InChI=1S/C22H20N4O/c1-14-19(15-7-3-2-4-8-15)22-24-17-10-5-11-18(27)20(17)21(26(22)25-14)16-9-6-12-23-13-16/h2-4,6-10,12-13,20-21,24H,5,11H2,1H3/t20-,21-/m0/s1. The Morgan fingerprint density at radius 1 is 1.15 bits per heavy atom. The van der Waals surface area contributed by atoms with Crippen LogP contribution in [0.2, 0.25) is 0 Å². The van der Waals surface area contributed by atoms with Crippen molar-refractivity contribution in [2.24, 2.45) is 5.92 Å². The van der Waals surface area contributed by atoms with E-state index in [9.17, 15) is 4.79 Å². The highest BCUT2D eigenvalue weighted by atomic mass is 16.1. The first-order valence-corrected chi connectivity index (χ1v) is 9.28. The second-order valence-electron chi connectivity index (χ2n) is 7.12. The Morgan fingerprint density at radius 3 is 2.78 bits per heavy atom. The molecule has 27 heavy (non-hydrogen) atoms. The van der Waals surface area contributed by atoms with Gasteiger partial charge in [0.05, 0.1) is 17.7 Å². The predicted molar refractivity (Wildman–Crippen MR) is 104 cm³/mol. The van der Waals surface area contributed by atoms with Crippen LogP contribution in [0.15, 0.2) is 66.6 Å². The average Bonchev–Trinajstić information content (AvgIpc) is 3.03. The fourth-order valence-electron chi connectivity index (χ4n) is 4.28. The Morgan fingerprint density at radius 2 is 2.00 bits per heavy atom. The van der Waals surface area contributed by atoms with Crippen molar-refractivity contribution in [3.8, 4) is 11.1 Å². The molecule has 0 amide bonds. The topological polar surface area (TPSA) is 59.8 Å². The van der Waals surface area contributed by atoms with Crippen molar-refractivity contribution in [2.75, 3.05) is 5.32 Å². The van der Waals surface area contributed by atoms with Gasteiger partial charge in [0.2, 0.25) is 0 Å². The number of ketones is 1. The lowest BCUT2D eigenvalue weighted by atomic mass is 9.81. The van der Waals surface area contributed by atoms with E-state index in [1.54, 1.807) is 6.20 Å². The van der Waals surface area contributed by atoms with Crippen LogP contribution in [-0.4, -0.2) is 20.5 Å². The molecule has 0 saturated carbocycles. The molecule has 5 rings (SSSR count). The molecule has 134 valence electrons. The van der Waals surface area contributed by atoms with Crippen molar-refractivity contribution in [3.05, 3.63) is 77.9 Å². The zero-order valence-corrected chi connectivity index (χ0v) is 15.1. The fourth-order valence-corrected chi connectivity index (χ4v) is 4.28. The molecule has 1 aliphatic carbocycles. The van der Waals surface area contributed by atoms with Gasteiger partial charge in [0, 0.05) is 30.1 Å². The first-order valence-electron chi connectivity index (χ1n) is 9.28. The maximum atomic E-state index is 12.8. The molecular formula is C22H20N4O. The molecule has 1 N–H and O–H groups in total. The molecule has 2 atom stereocenters. The van der Waals surface area contributed by atoms with Gasteiger partial charge >= 0.3 is 0 Å². The number of hydrogen-bond acceptors (Lipinski definition) is 4. The number of aryl methyl sites for hydroxylation is 1. The van der Waals surface area contributed by atoms with E-state index in [1.807, 2.05) is 48.1 Å². The monoisotopic (exact) mass is 356 g/mol. The third kappa shape index (κ3) is 2.50. The molecule has 0 radical (unpaired) electrons. The molecule has 0 saturated heterocycles. The number of carbonyl (C=O) groups excluding carboxylic acids is 1. The smallest absolute Gasteiger partial charge is 0.144 e. The van der Waals surface area contributed by atoms with Crippen molar-refractivity contribution in [2.45, 2.75) is 25.8 Å². The van der Waals surface area contributed by atoms with Crippen LogP contribution in [0.1, 0.15) is 30.1 Å². The van der Waals surface area contributed by atoms with E-state index in [2.05, 4.69) is 28.5 Å². The van der Waals surface area contributed by atoms with E-state index in [4.69, 9.17) is 5.10 Å². The molecule has 5 heteroatoms. The van der Waals surface area contributed by atoms with Crippen LogP contribution < -0.4 is 5.32 Å². The van der Waals surface area contributed by atoms with Gasteiger partial charge in [0.25, 0.3) is 0 Å². The van der Waals surface area contributed by atoms with Gasteiger partial charge in [-0.3, -0.25) is 9.78 Å². The molecule has 5 nitrogen and oxygen atoms in total. The first-order chi connectivity index (χ1) is 13.2. The Kier molecular flexibility index (Phi) is 3.67. The minimum Gasteiger partial charge on any atom is -0.343 e. The van der Waals surface area contributed by atoms with Gasteiger partial charge in [0.1, 0.15) is 11.6 Å². The zero-order valence-electron chi connectivity index (χ0n) is 15.1. The molecule has 2 aliphatic rings. The van der Waals surface area contributed by atoms with Gasteiger partial charge in [-0.05, 0) is 30.5 Å². The number of allylic oxidation sites excluding steroid dienone is 2. The van der Waals surface area contributed by atoms with E-state index < -0.39 is 0 Å². The van der Waals surface area contributed by atoms with Gasteiger partial charge in [-0.25, -0.2) is 4.68 Å². The quantitative estimate of drug-likeness (QED) is 0.750. The van der Waals surface area contributed by atoms with Crippen LogP contribution >= 0.6 is 0 Å². The minimum atomic E-state index is -0.238. The van der Waals surface area contributed by atoms with Crippen LogP contribution in [0, 0.1) is 12.8 Å². The van der Waals surface area contributed by atoms with Crippen LogP contribution in [0.25, 0.3) is 11.1 Å². The number of fused-ring (bicyclic) bond motifs is 2. The van der Waals surface area contributed by atoms with E-state index in [0.717, 1.165) is 40.3 Å². The van der Waals surface area contributed by atoms with Crippen molar-refractivity contribution in [1.29, 1.82) is 0 Å². The molecule has 1 aromatic carbocycles. The molecule has 3 aromatic rings. The maximum absolute atomic E-state index is 12.8. The number of aromatic nitrogens is 3. The summed E-state index contributed by atoms with van der Waals surface area (Å²) in [6.07, 6.45) is 7.13. The van der Waals surface area contributed by atoms with Crippen LogP contribution in [0.3, 0.4) is 0 Å². The predicted octanol–water partition coefficient (Wildman–Crippen LogP) is 4.13. The summed E-state index contributed by atoms with van der Waals surface area (Å²) in [7, 11) is 0. The Balaban J connectivity index is 1.75. The second-order valence-corrected chi connectivity index (χ2v) is 7.12. The highest BCUT2D eigenvalue weighted by Crippen LogP contribution is 2.45. The highest BCUT2D eigenvalue weighted by Gasteiger charge is 2.42. The zero-order chi connectivity index (χ0) is 18.4. The van der Waals surface area contributed by atoms with Crippen LogP contribution in [-0.2, 0) is 4.79 Å². The molecule has 0 bridgehead atoms. The van der Waals surface area contributed by atoms with Crippen molar-refractivity contribution >= 4 is 11.6 Å². The normalized spacial score (nSPS) is 21.1. The minimum absolute atomic E-state index is 0.176. The molecule has 1 aliphatic heterocycles. The van der Waals surface area contributed by atoms with E-state index in [0.29, 0.717) is 6.42 Å². The molecule has 0 spiro atoms. The number of pyridine rings is 1. The summed E-state index contributed by atoms with van der Waals surface area (Å²) in [5, 5.41) is 8.40. The fraction of sp³-hybridized carbons (Fsp3) is 0.227. The van der Waals surface area contributed by atoms with E-state index in [-0.39, 0.29) is 17.7 Å². The Bertz CT molecular complexity index is 1040. The summed E-state index contributed by atoms with van der Waals surface area (Å²) >= 11 is 0. The van der Waals surface area contributed by atoms with Crippen molar-refractivity contribution in [3.63, 3.8) is 0 Å². The lowest BCUT2D eigenvalue weighted by Gasteiger charge is -2.37. The number of rotatable bonds is 2. The summed E-state index contributed by atoms with van der Waals surface area (Å²) in [5.74, 6) is 0.969.